The number of sulfone groups is 1. The largest absolute Gasteiger partial charge is 0.486 e. The highest BCUT2D eigenvalue weighted by atomic mass is 32.2. The fourth-order valence-electron chi connectivity index (χ4n) is 1.54. The second-order valence-electron chi connectivity index (χ2n) is 3.58. The molecule has 0 aliphatic carbocycles. The second kappa shape index (κ2) is 5.16. The Morgan fingerprint density at radius 3 is 2.72 bits per heavy atom. The Balaban J connectivity index is 2.25. The first kappa shape index (κ1) is 12.5. The molecule has 1 aromatic rings. The van der Waals surface area contributed by atoms with Gasteiger partial charge < -0.3 is 9.47 Å². The molecule has 1 heterocycles. The van der Waals surface area contributed by atoms with Crippen LogP contribution in [0.1, 0.15) is 0 Å². The molecule has 7 nitrogen and oxygen atoms in total. The summed E-state index contributed by atoms with van der Waals surface area (Å²) in [6.07, 6.45) is 0. The molecule has 0 bridgehead atoms. The van der Waals surface area contributed by atoms with E-state index in [0.29, 0.717) is 24.7 Å². The molecule has 18 heavy (non-hydrogen) atoms. The first-order valence-corrected chi connectivity index (χ1v) is 6.92. The third-order valence-electron chi connectivity index (χ3n) is 2.40. The maximum Gasteiger partial charge on any atom is 0.178 e. The average Bonchev–Trinajstić information content (AvgIpc) is 2.38. The van der Waals surface area contributed by atoms with E-state index in [-0.39, 0.29) is 17.2 Å². The van der Waals surface area contributed by atoms with Crippen molar-refractivity contribution in [2.75, 3.05) is 25.5 Å². The summed E-state index contributed by atoms with van der Waals surface area (Å²) in [5.74, 6) is 0.734. The van der Waals surface area contributed by atoms with Crippen LogP contribution in [0.15, 0.2) is 28.2 Å². The number of nitrogens with zero attached hydrogens (tertiary/aromatic N) is 3. The van der Waals surface area contributed by atoms with Gasteiger partial charge in [0.1, 0.15) is 13.2 Å². The molecule has 0 unspecified atom stereocenters. The lowest BCUT2D eigenvalue weighted by Gasteiger charge is -2.18. The van der Waals surface area contributed by atoms with Crippen LogP contribution in [0.5, 0.6) is 11.5 Å². The highest BCUT2D eigenvalue weighted by Crippen LogP contribution is 2.32. The number of azide groups is 1. The van der Waals surface area contributed by atoms with Crippen LogP contribution in [0.2, 0.25) is 0 Å². The lowest BCUT2D eigenvalue weighted by molar-refractivity contribution is 0.171. The molecule has 0 spiro atoms. The molecule has 0 aromatic heterocycles. The summed E-state index contributed by atoms with van der Waals surface area (Å²) in [5, 5.41) is 3.22. The predicted octanol–water partition coefficient (Wildman–Crippen LogP) is 1.54. The number of fused-ring (bicyclic) bond motifs is 1. The Kier molecular flexibility index (Phi) is 3.59. The molecule has 0 amide bonds. The van der Waals surface area contributed by atoms with Crippen molar-refractivity contribution >= 4 is 9.84 Å². The van der Waals surface area contributed by atoms with Crippen molar-refractivity contribution in [1.29, 1.82) is 0 Å². The SMILES string of the molecule is [N-]=[N+]=NCCS(=O)(=O)c1ccc2c(c1)OCCO2. The van der Waals surface area contributed by atoms with E-state index in [1.165, 1.54) is 12.1 Å². The number of rotatable bonds is 4. The minimum atomic E-state index is -3.47. The highest BCUT2D eigenvalue weighted by Gasteiger charge is 2.18. The summed E-state index contributed by atoms with van der Waals surface area (Å²) in [7, 11) is -3.47. The molecule has 0 fully saturated rings. The predicted molar refractivity (Wildman–Crippen MR) is 63.5 cm³/mol. The van der Waals surface area contributed by atoms with Gasteiger partial charge in [-0.15, -0.1) is 0 Å². The van der Waals surface area contributed by atoms with Gasteiger partial charge in [0.2, 0.25) is 0 Å². The minimum absolute atomic E-state index is 0.0900. The number of ether oxygens (including phenoxy) is 2. The van der Waals surface area contributed by atoms with Gasteiger partial charge in [-0.3, -0.25) is 0 Å². The molecule has 0 N–H and O–H groups in total. The number of hydrogen-bond donors (Lipinski definition) is 0. The highest BCUT2D eigenvalue weighted by molar-refractivity contribution is 7.91. The van der Waals surface area contributed by atoms with Crippen molar-refractivity contribution in [3.05, 3.63) is 28.6 Å². The van der Waals surface area contributed by atoms with Crippen LogP contribution in [0.3, 0.4) is 0 Å². The Morgan fingerprint density at radius 1 is 1.28 bits per heavy atom. The molecule has 2 rings (SSSR count). The van der Waals surface area contributed by atoms with E-state index >= 15 is 0 Å². The monoisotopic (exact) mass is 269 g/mol. The summed E-state index contributed by atoms with van der Waals surface area (Å²) < 4.78 is 34.4. The lowest BCUT2D eigenvalue weighted by Crippen LogP contribution is -2.16. The first-order chi connectivity index (χ1) is 8.63. The van der Waals surface area contributed by atoms with Gasteiger partial charge in [-0.05, 0) is 17.7 Å². The molecular weight excluding hydrogens is 258 g/mol. The van der Waals surface area contributed by atoms with Crippen LogP contribution in [0.4, 0.5) is 0 Å². The molecular formula is C10H11N3O4S. The van der Waals surface area contributed by atoms with Gasteiger partial charge in [-0.25, -0.2) is 8.42 Å². The summed E-state index contributed by atoms with van der Waals surface area (Å²) in [6.45, 7) is 0.762. The Hall–Kier alpha value is -1.92. The lowest BCUT2D eigenvalue weighted by atomic mass is 10.3. The quantitative estimate of drug-likeness (QED) is 0.470. The summed E-state index contributed by atoms with van der Waals surface area (Å²) in [5.41, 5.74) is 8.12. The van der Waals surface area contributed by atoms with Crippen molar-refractivity contribution in [2.45, 2.75) is 4.90 Å². The van der Waals surface area contributed by atoms with Crippen molar-refractivity contribution in [2.24, 2.45) is 5.11 Å². The maximum atomic E-state index is 11.9. The zero-order chi connectivity index (χ0) is 13.0. The average molecular weight is 269 g/mol. The van der Waals surface area contributed by atoms with Crippen molar-refractivity contribution in [3.8, 4) is 11.5 Å². The van der Waals surface area contributed by atoms with Gasteiger partial charge in [-0.2, -0.15) is 0 Å². The summed E-state index contributed by atoms with van der Waals surface area (Å²) in [6, 6.07) is 4.45. The molecule has 0 radical (unpaired) electrons. The van der Waals surface area contributed by atoms with Crippen LogP contribution >= 0.6 is 0 Å². The number of benzene rings is 1. The van der Waals surface area contributed by atoms with E-state index < -0.39 is 9.84 Å². The second-order valence-corrected chi connectivity index (χ2v) is 5.69. The van der Waals surface area contributed by atoms with E-state index in [1.807, 2.05) is 0 Å². The van der Waals surface area contributed by atoms with Gasteiger partial charge in [0, 0.05) is 17.5 Å². The molecule has 0 atom stereocenters. The van der Waals surface area contributed by atoms with Gasteiger partial charge in [0.05, 0.1) is 10.6 Å². The van der Waals surface area contributed by atoms with Crippen molar-refractivity contribution < 1.29 is 17.9 Å². The van der Waals surface area contributed by atoms with Gasteiger partial charge in [0.15, 0.2) is 21.3 Å². The first-order valence-electron chi connectivity index (χ1n) is 5.27. The fourth-order valence-corrected chi connectivity index (χ4v) is 2.66. The Labute approximate surface area is 104 Å². The van der Waals surface area contributed by atoms with Crippen LogP contribution in [-0.4, -0.2) is 33.9 Å². The zero-order valence-electron chi connectivity index (χ0n) is 9.44. The molecule has 1 aliphatic heterocycles. The topological polar surface area (TPSA) is 101 Å². The van der Waals surface area contributed by atoms with Gasteiger partial charge >= 0.3 is 0 Å². The van der Waals surface area contributed by atoms with Crippen LogP contribution < -0.4 is 9.47 Å². The third kappa shape index (κ3) is 2.66. The smallest absolute Gasteiger partial charge is 0.178 e. The third-order valence-corrected chi connectivity index (χ3v) is 4.09. The van der Waals surface area contributed by atoms with Gasteiger partial charge in [0.25, 0.3) is 0 Å². The summed E-state index contributed by atoms with van der Waals surface area (Å²) >= 11 is 0. The minimum Gasteiger partial charge on any atom is -0.486 e. The molecule has 96 valence electrons. The Morgan fingerprint density at radius 2 is 2.00 bits per heavy atom. The van der Waals surface area contributed by atoms with Crippen LogP contribution in [0, 0.1) is 0 Å². The standard InChI is InChI=1S/C10H11N3O4S/c11-13-12-3-6-18(14,15)8-1-2-9-10(7-8)17-5-4-16-9/h1-2,7H,3-6H2. The van der Waals surface area contributed by atoms with Crippen LogP contribution in [0.25, 0.3) is 10.4 Å². The molecule has 8 heteroatoms. The molecule has 1 aliphatic rings. The Bertz CT molecular complexity index is 593. The van der Waals surface area contributed by atoms with E-state index in [4.69, 9.17) is 15.0 Å². The van der Waals surface area contributed by atoms with Crippen molar-refractivity contribution in [1.82, 2.24) is 0 Å². The van der Waals surface area contributed by atoms with E-state index in [2.05, 4.69) is 10.0 Å². The van der Waals surface area contributed by atoms with Crippen LogP contribution in [-0.2, 0) is 9.84 Å². The van der Waals surface area contributed by atoms with E-state index in [9.17, 15) is 8.42 Å². The molecule has 0 saturated heterocycles. The van der Waals surface area contributed by atoms with E-state index in [0.717, 1.165) is 0 Å². The van der Waals surface area contributed by atoms with E-state index in [1.54, 1.807) is 6.07 Å². The normalized spacial score (nSPS) is 13.8. The number of hydrogen-bond acceptors (Lipinski definition) is 5. The fraction of sp³-hybridized carbons (Fsp3) is 0.400. The zero-order valence-corrected chi connectivity index (χ0v) is 10.3. The molecule has 0 saturated carbocycles. The maximum absolute atomic E-state index is 11.9. The van der Waals surface area contributed by atoms with Gasteiger partial charge in [-0.1, -0.05) is 5.11 Å². The van der Waals surface area contributed by atoms with Crippen molar-refractivity contribution in [3.63, 3.8) is 0 Å². The molecule has 1 aromatic carbocycles. The summed E-state index contributed by atoms with van der Waals surface area (Å²) in [4.78, 5) is 2.66.